The molecule has 0 bridgehead atoms. The minimum absolute atomic E-state index is 0.668. The van der Waals surface area contributed by atoms with Gasteiger partial charge in [-0.2, -0.15) is 0 Å². The van der Waals surface area contributed by atoms with Crippen LogP contribution in [0.25, 0.3) is 0 Å². The van der Waals surface area contributed by atoms with E-state index in [0.717, 1.165) is 4.32 Å². The van der Waals surface area contributed by atoms with Crippen molar-refractivity contribution >= 4 is 34.0 Å². The van der Waals surface area contributed by atoms with Crippen LogP contribution < -0.4 is 0 Å². The standard InChI is InChI=1S/C7H9NS2/c9-7-8-5-3-1-2-4-6(5)10-7/h6H,1-4H2. The molecule has 0 N–H and O–H groups in total. The number of thiocarbonyl (C=S) groups is 1. The van der Waals surface area contributed by atoms with Crippen molar-refractivity contribution < 1.29 is 0 Å². The van der Waals surface area contributed by atoms with E-state index in [1.807, 2.05) is 0 Å². The van der Waals surface area contributed by atoms with Crippen molar-refractivity contribution in [2.45, 2.75) is 30.9 Å². The van der Waals surface area contributed by atoms with Crippen LogP contribution in [0.5, 0.6) is 0 Å². The Morgan fingerprint density at radius 2 is 2.40 bits per heavy atom. The van der Waals surface area contributed by atoms with Crippen molar-refractivity contribution in [3.8, 4) is 0 Å². The topological polar surface area (TPSA) is 12.4 Å². The second-order valence-corrected chi connectivity index (χ2v) is 4.56. The molecule has 1 unspecified atom stereocenters. The number of nitrogens with zero attached hydrogens (tertiary/aromatic N) is 1. The number of hydrogen-bond acceptors (Lipinski definition) is 2. The molecular formula is C7H9NS2. The lowest BCUT2D eigenvalue weighted by Crippen LogP contribution is -2.17. The maximum absolute atomic E-state index is 5.01. The van der Waals surface area contributed by atoms with Crippen LogP contribution in [0.3, 0.4) is 0 Å². The van der Waals surface area contributed by atoms with E-state index in [2.05, 4.69) is 4.99 Å². The SMILES string of the molecule is S=C1N=C2CCCCC2S1. The molecule has 10 heavy (non-hydrogen) atoms. The molecule has 0 radical (unpaired) electrons. The third-order valence-corrected chi connectivity index (χ3v) is 3.46. The minimum atomic E-state index is 0.668. The summed E-state index contributed by atoms with van der Waals surface area (Å²) in [6.07, 6.45) is 5.17. The summed E-state index contributed by atoms with van der Waals surface area (Å²) in [6, 6.07) is 0. The van der Waals surface area contributed by atoms with Crippen LogP contribution in [0.1, 0.15) is 25.7 Å². The smallest absolute Gasteiger partial charge is 0.160 e. The zero-order chi connectivity index (χ0) is 6.97. The van der Waals surface area contributed by atoms with Crippen molar-refractivity contribution in [3.05, 3.63) is 0 Å². The van der Waals surface area contributed by atoms with Crippen LogP contribution in [0, 0.1) is 0 Å². The summed E-state index contributed by atoms with van der Waals surface area (Å²) in [7, 11) is 0. The van der Waals surface area contributed by atoms with Crippen LogP contribution in [0.15, 0.2) is 4.99 Å². The molecule has 2 rings (SSSR count). The predicted octanol–water partition coefficient (Wildman–Crippen LogP) is 2.40. The van der Waals surface area contributed by atoms with Crippen LogP contribution in [0.2, 0.25) is 0 Å². The van der Waals surface area contributed by atoms with Gasteiger partial charge in [-0.05, 0) is 19.3 Å². The molecule has 1 atom stereocenters. The van der Waals surface area contributed by atoms with Gasteiger partial charge in [0.25, 0.3) is 0 Å². The second-order valence-electron chi connectivity index (χ2n) is 2.72. The zero-order valence-corrected chi connectivity index (χ0v) is 7.30. The lowest BCUT2D eigenvalue weighted by molar-refractivity contribution is 0.679. The van der Waals surface area contributed by atoms with E-state index in [4.69, 9.17) is 12.2 Å². The number of aliphatic imine (C=N–C) groups is 1. The van der Waals surface area contributed by atoms with Gasteiger partial charge in [-0.15, -0.1) is 0 Å². The van der Waals surface area contributed by atoms with Crippen LogP contribution in [-0.4, -0.2) is 15.3 Å². The maximum atomic E-state index is 5.01. The van der Waals surface area contributed by atoms with Crippen molar-refractivity contribution in [1.29, 1.82) is 0 Å². The highest BCUT2D eigenvalue weighted by Crippen LogP contribution is 2.33. The largest absolute Gasteiger partial charge is 0.238 e. The summed E-state index contributed by atoms with van der Waals surface area (Å²) in [6.45, 7) is 0. The van der Waals surface area contributed by atoms with E-state index < -0.39 is 0 Å². The van der Waals surface area contributed by atoms with Gasteiger partial charge >= 0.3 is 0 Å². The van der Waals surface area contributed by atoms with E-state index in [9.17, 15) is 0 Å². The molecule has 2 aliphatic rings. The number of hydrogen-bond donors (Lipinski definition) is 0. The number of fused-ring (bicyclic) bond motifs is 1. The summed E-state index contributed by atoms with van der Waals surface area (Å²) in [5.74, 6) is 0. The van der Waals surface area contributed by atoms with Crippen molar-refractivity contribution in [3.63, 3.8) is 0 Å². The molecule has 1 nitrogen and oxygen atoms in total. The Hall–Kier alpha value is 0.110. The summed E-state index contributed by atoms with van der Waals surface area (Å²) in [5, 5.41) is 0.668. The Labute approximate surface area is 70.3 Å². The van der Waals surface area contributed by atoms with Crippen LogP contribution in [0.4, 0.5) is 0 Å². The van der Waals surface area contributed by atoms with Gasteiger partial charge in [0, 0.05) is 5.71 Å². The Morgan fingerprint density at radius 3 is 3.20 bits per heavy atom. The van der Waals surface area contributed by atoms with Crippen molar-refractivity contribution in [2.24, 2.45) is 4.99 Å². The first kappa shape index (κ1) is 6.80. The highest BCUT2D eigenvalue weighted by molar-refractivity contribution is 8.24. The first-order valence-electron chi connectivity index (χ1n) is 3.64. The minimum Gasteiger partial charge on any atom is -0.238 e. The van der Waals surface area contributed by atoms with E-state index in [1.54, 1.807) is 11.8 Å². The molecule has 54 valence electrons. The van der Waals surface area contributed by atoms with E-state index in [1.165, 1.54) is 31.4 Å². The van der Waals surface area contributed by atoms with E-state index in [0.29, 0.717) is 5.25 Å². The zero-order valence-electron chi connectivity index (χ0n) is 5.67. The normalized spacial score (nSPS) is 31.8. The Kier molecular flexibility index (Phi) is 1.78. The fourth-order valence-electron chi connectivity index (χ4n) is 1.48. The fourth-order valence-corrected chi connectivity index (χ4v) is 2.95. The molecule has 1 aliphatic heterocycles. The Balaban J connectivity index is 2.17. The van der Waals surface area contributed by atoms with Gasteiger partial charge in [-0.3, -0.25) is 0 Å². The molecular weight excluding hydrogens is 162 g/mol. The van der Waals surface area contributed by atoms with Gasteiger partial charge < -0.3 is 0 Å². The third kappa shape index (κ3) is 1.12. The number of rotatable bonds is 0. The van der Waals surface area contributed by atoms with Gasteiger partial charge in [0.05, 0.1) is 5.25 Å². The average Bonchev–Trinajstić information content (AvgIpc) is 2.27. The molecule has 0 aromatic heterocycles. The quantitative estimate of drug-likeness (QED) is 0.519. The van der Waals surface area contributed by atoms with Gasteiger partial charge in [0.15, 0.2) is 4.32 Å². The Bertz CT molecular complexity index is 198. The molecule has 1 saturated carbocycles. The molecule has 3 heteroatoms. The molecule has 1 aliphatic carbocycles. The highest BCUT2D eigenvalue weighted by Gasteiger charge is 2.27. The monoisotopic (exact) mass is 171 g/mol. The first-order valence-corrected chi connectivity index (χ1v) is 4.93. The molecule has 1 fully saturated rings. The first-order chi connectivity index (χ1) is 4.86. The maximum Gasteiger partial charge on any atom is 0.160 e. The van der Waals surface area contributed by atoms with E-state index >= 15 is 0 Å². The van der Waals surface area contributed by atoms with Gasteiger partial charge in [-0.1, -0.05) is 30.4 Å². The second kappa shape index (κ2) is 2.62. The third-order valence-electron chi connectivity index (χ3n) is 2.00. The molecule has 0 saturated heterocycles. The Morgan fingerprint density at radius 1 is 1.50 bits per heavy atom. The highest BCUT2D eigenvalue weighted by atomic mass is 32.2. The fraction of sp³-hybridized carbons (Fsp3) is 0.714. The van der Waals surface area contributed by atoms with Crippen LogP contribution >= 0.6 is 24.0 Å². The summed E-state index contributed by atoms with van der Waals surface area (Å²) in [5.41, 5.74) is 1.36. The van der Waals surface area contributed by atoms with Gasteiger partial charge in [-0.25, -0.2) is 4.99 Å². The lowest BCUT2D eigenvalue weighted by atomic mass is 9.98. The molecule has 0 spiro atoms. The molecule has 1 heterocycles. The van der Waals surface area contributed by atoms with E-state index in [-0.39, 0.29) is 0 Å². The summed E-state index contributed by atoms with van der Waals surface area (Å²) < 4.78 is 0.863. The summed E-state index contributed by atoms with van der Waals surface area (Å²) >= 11 is 6.79. The average molecular weight is 171 g/mol. The van der Waals surface area contributed by atoms with Crippen LogP contribution in [-0.2, 0) is 0 Å². The summed E-state index contributed by atoms with van der Waals surface area (Å²) in [4.78, 5) is 4.32. The van der Waals surface area contributed by atoms with Crippen molar-refractivity contribution in [1.82, 2.24) is 0 Å². The predicted molar refractivity (Wildman–Crippen MR) is 49.9 cm³/mol. The molecule has 0 amide bonds. The van der Waals surface area contributed by atoms with Gasteiger partial charge in [0.2, 0.25) is 0 Å². The molecule has 0 aromatic rings. The number of thioether (sulfide) groups is 1. The lowest BCUT2D eigenvalue weighted by Gasteiger charge is -2.16. The molecule has 0 aromatic carbocycles. The van der Waals surface area contributed by atoms with Gasteiger partial charge in [0.1, 0.15) is 0 Å². The van der Waals surface area contributed by atoms with Crippen molar-refractivity contribution in [2.75, 3.05) is 0 Å².